The monoisotopic (exact) mass is 240 g/mol. The number of nitrogens with zero attached hydrogens (tertiary/aromatic N) is 1. The average Bonchev–Trinajstić information content (AvgIpc) is 2.38. The molecule has 17 heavy (non-hydrogen) atoms. The van der Waals surface area contributed by atoms with Gasteiger partial charge in [0.15, 0.2) is 0 Å². The van der Waals surface area contributed by atoms with E-state index in [9.17, 15) is 4.79 Å². The Kier molecular flexibility index (Phi) is 3.73. The van der Waals surface area contributed by atoms with Crippen LogP contribution >= 0.6 is 0 Å². The van der Waals surface area contributed by atoms with E-state index < -0.39 is 5.54 Å². The van der Waals surface area contributed by atoms with Crippen LogP contribution < -0.4 is 5.32 Å². The van der Waals surface area contributed by atoms with E-state index in [1.807, 2.05) is 0 Å². The van der Waals surface area contributed by atoms with Gasteiger partial charge in [0.05, 0.1) is 7.11 Å². The lowest BCUT2D eigenvalue weighted by Gasteiger charge is -2.52. The first kappa shape index (κ1) is 12.8. The lowest BCUT2D eigenvalue weighted by Crippen LogP contribution is -2.71. The van der Waals surface area contributed by atoms with Crippen LogP contribution in [0.3, 0.4) is 0 Å². The van der Waals surface area contributed by atoms with Gasteiger partial charge in [0.2, 0.25) is 0 Å². The molecule has 1 N–H and O–H groups in total. The summed E-state index contributed by atoms with van der Waals surface area (Å²) in [6.07, 6.45) is 3.25. The first-order valence-electron chi connectivity index (χ1n) is 6.71. The van der Waals surface area contributed by atoms with Crippen molar-refractivity contribution in [2.75, 3.05) is 26.7 Å². The van der Waals surface area contributed by atoms with E-state index in [4.69, 9.17) is 4.74 Å². The normalized spacial score (nSPS) is 37.8. The van der Waals surface area contributed by atoms with Crippen LogP contribution in [0.2, 0.25) is 0 Å². The molecule has 0 aromatic carbocycles. The van der Waals surface area contributed by atoms with Crippen molar-refractivity contribution in [3.8, 4) is 0 Å². The summed E-state index contributed by atoms with van der Waals surface area (Å²) in [5.41, 5.74) is -0.458. The van der Waals surface area contributed by atoms with Gasteiger partial charge in [0.1, 0.15) is 5.54 Å². The largest absolute Gasteiger partial charge is 0.468 e. The van der Waals surface area contributed by atoms with E-state index in [-0.39, 0.29) is 5.97 Å². The number of hydrogen-bond donors (Lipinski definition) is 1. The number of ether oxygens (including phenoxy) is 1. The third-order valence-corrected chi connectivity index (χ3v) is 4.42. The second-order valence-corrected chi connectivity index (χ2v) is 5.47. The van der Waals surface area contributed by atoms with Gasteiger partial charge in [-0.25, -0.2) is 4.79 Å². The van der Waals surface area contributed by atoms with E-state index in [1.54, 1.807) is 0 Å². The standard InChI is InChI=1S/C13H24N2O2/c1-4-10(2)14-13(12(16)17-3)9-15-7-5-11(13)6-8-15/h10-11,14H,4-9H2,1-3H3. The molecule has 0 aromatic heterocycles. The summed E-state index contributed by atoms with van der Waals surface area (Å²) in [6.45, 7) is 7.36. The highest BCUT2D eigenvalue weighted by Gasteiger charge is 2.53. The summed E-state index contributed by atoms with van der Waals surface area (Å²) in [5.74, 6) is 0.362. The highest BCUT2D eigenvalue weighted by Crippen LogP contribution is 2.37. The van der Waals surface area contributed by atoms with Gasteiger partial charge >= 0.3 is 5.97 Å². The summed E-state index contributed by atoms with van der Waals surface area (Å²) >= 11 is 0. The highest BCUT2D eigenvalue weighted by atomic mass is 16.5. The second kappa shape index (κ2) is 4.94. The SMILES string of the molecule is CCC(C)NC1(C(=O)OC)CN2CCC1CC2. The lowest BCUT2D eigenvalue weighted by molar-refractivity contribution is -0.158. The molecule has 3 saturated heterocycles. The first-order chi connectivity index (χ1) is 8.12. The van der Waals surface area contributed by atoms with E-state index in [2.05, 4.69) is 24.1 Å². The van der Waals surface area contributed by atoms with Crippen LogP contribution in [0.15, 0.2) is 0 Å². The van der Waals surface area contributed by atoms with Crippen LogP contribution in [0, 0.1) is 5.92 Å². The predicted octanol–water partition coefficient (Wildman–Crippen LogP) is 1.01. The van der Waals surface area contributed by atoms with Crippen molar-refractivity contribution in [2.24, 2.45) is 5.92 Å². The second-order valence-electron chi connectivity index (χ2n) is 5.47. The fourth-order valence-electron chi connectivity index (χ4n) is 3.24. The number of methoxy groups -OCH3 is 1. The number of carbonyl (C=O) groups is 1. The van der Waals surface area contributed by atoms with Crippen LogP contribution in [0.25, 0.3) is 0 Å². The summed E-state index contributed by atoms with van der Waals surface area (Å²) in [7, 11) is 1.50. The van der Waals surface area contributed by atoms with Gasteiger partial charge in [0, 0.05) is 12.6 Å². The fraction of sp³-hybridized carbons (Fsp3) is 0.923. The molecule has 0 radical (unpaired) electrons. The molecule has 0 amide bonds. The molecule has 0 aromatic rings. The molecule has 3 aliphatic heterocycles. The molecule has 98 valence electrons. The van der Waals surface area contributed by atoms with Crippen molar-refractivity contribution >= 4 is 5.97 Å². The molecule has 3 rings (SSSR count). The van der Waals surface area contributed by atoms with Crippen molar-refractivity contribution in [3.05, 3.63) is 0 Å². The molecule has 4 heteroatoms. The molecule has 0 saturated carbocycles. The Labute approximate surface area is 104 Å². The third-order valence-electron chi connectivity index (χ3n) is 4.42. The Balaban J connectivity index is 2.21. The van der Waals surface area contributed by atoms with Crippen LogP contribution in [-0.4, -0.2) is 49.2 Å². The van der Waals surface area contributed by atoms with Gasteiger partial charge in [-0.1, -0.05) is 6.92 Å². The Morgan fingerprint density at radius 2 is 2.18 bits per heavy atom. The van der Waals surface area contributed by atoms with Crippen molar-refractivity contribution in [3.63, 3.8) is 0 Å². The van der Waals surface area contributed by atoms with Gasteiger partial charge in [0.25, 0.3) is 0 Å². The van der Waals surface area contributed by atoms with Gasteiger partial charge in [-0.15, -0.1) is 0 Å². The number of piperidine rings is 3. The number of nitrogens with one attached hydrogen (secondary N) is 1. The van der Waals surface area contributed by atoms with E-state index in [1.165, 1.54) is 7.11 Å². The van der Waals surface area contributed by atoms with E-state index in [0.29, 0.717) is 12.0 Å². The summed E-state index contributed by atoms with van der Waals surface area (Å²) in [4.78, 5) is 14.6. The molecule has 0 spiro atoms. The van der Waals surface area contributed by atoms with Gasteiger partial charge in [-0.05, 0) is 45.2 Å². The average molecular weight is 240 g/mol. The molecular formula is C13H24N2O2. The molecule has 2 atom stereocenters. The summed E-state index contributed by atoms with van der Waals surface area (Å²) in [5, 5.41) is 3.55. The molecule has 2 unspecified atom stereocenters. The molecular weight excluding hydrogens is 216 g/mol. The number of fused-ring (bicyclic) bond motifs is 3. The number of rotatable bonds is 4. The predicted molar refractivity (Wildman–Crippen MR) is 66.8 cm³/mol. The smallest absolute Gasteiger partial charge is 0.327 e. The highest BCUT2D eigenvalue weighted by molar-refractivity contribution is 5.82. The van der Waals surface area contributed by atoms with Gasteiger partial charge in [-0.3, -0.25) is 5.32 Å². The van der Waals surface area contributed by atoms with Crippen LogP contribution in [0.5, 0.6) is 0 Å². The minimum Gasteiger partial charge on any atom is -0.468 e. The zero-order chi connectivity index (χ0) is 12.5. The minimum atomic E-state index is -0.458. The molecule has 3 fully saturated rings. The van der Waals surface area contributed by atoms with Crippen LogP contribution in [0.1, 0.15) is 33.1 Å². The molecule has 3 aliphatic rings. The number of hydrogen-bond acceptors (Lipinski definition) is 4. The summed E-state index contributed by atoms with van der Waals surface area (Å²) < 4.78 is 5.06. The molecule has 2 bridgehead atoms. The lowest BCUT2D eigenvalue weighted by atomic mass is 9.72. The summed E-state index contributed by atoms with van der Waals surface area (Å²) in [6, 6.07) is 0.356. The zero-order valence-electron chi connectivity index (χ0n) is 11.2. The van der Waals surface area contributed by atoms with Crippen molar-refractivity contribution in [1.29, 1.82) is 0 Å². The maximum Gasteiger partial charge on any atom is 0.327 e. The van der Waals surface area contributed by atoms with Crippen molar-refractivity contribution in [1.82, 2.24) is 10.2 Å². The molecule has 4 nitrogen and oxygen atoms in total. The number of esters is 1. The quantitative estimate of drug-likeness (QED) is 0.745. The van der Waals surface area contributed by atoms with Crippen molar-refractivity contribution < 1.29 is 9.53 Å². The van der Waals surface area contributed by atoms with Gasteiger partial charge in [-0.2, -0.15) is 0 Å². The third kappa shape index (κ3) is 2.20. The maximum absolute atomic E-state index is 12.2. The Morgan fingerprint density at radius 1 is 1.53 bits per heavy atom. The topological polar surface area (TPSA) is 41.6 Å². The Bertz CT molecular complexity index is 287. The fourth-order valence-corrected chi connectivity index (χ4v) is 3.24. The van der Waals surface area contributed by atoms with Crippen LogP contribution in [0.4, 0.5) is 0 Å². The maximum atomic E-state index is 12.2. The molecule has 3 heterocycles. The van der Waals surface area contributed by atoms with Crippen LogP contribution in [-0.2, 0) is 9.53 Å². The molecule has 0 aliphatic carbocycles. The van der Waals surface area contributed by atoms with E-state index >= 15 is 0 Å². The minimum absolute atomic E-state index is 0.0767. The Morgan fingerprint density at radius 3 is 2.59 bits per heavy atom. The Hall–Kier alpha value is -0.610. The van der Waals surface area contributed by atoms with Crippen molar-refractivity contribution in [2.45, 2.75) is 44.7 Å². The number of carbonyl (C=O) groups excluding carboxylic acids is 1. The first-order valence-corrected chi connectivity index (χ1v) is 6.71. The zero-order valence-corrected chi connectivity index (χ0v) is 11.2. The van der Waals surface area contributed by atoms with Gasteiger partial charge < -0.3 is 9.64 Å². The van der Waals surface area contributed by atoms with E-state index in [0.717, 1.165) is 38.9 Å².